The Balaban J connectivity index is 1.57. The quantitative estimate of drug-likeness (QED) is 0.684. The third-order valence-electron chi connectivity index (χ3n) is 5.65. The largest absolute Gasteiger partial charge is 0.483 e. The second-order valence-electron chi connectivity index (χ2n) is 8.81. The van der Waals surface area contributed by atoms with Crippen LogP contribution in [0.5, 0.6) is 5.75 Å². The van der Waals surface area contributed by atoms with Crippen LogP contribution in [0, 0.1) is 0 Å². The fourth-order valence-electron chi connectivity index (χ4n) is 3.62. The van der Waals surface area contributed by atoms with Crippen LogP contribution < -0.4 is 4.74 Å². The van der Waals surface area contributed by atoms with E-state index < -0.39 is 10.0 Å². The van der Waals surface area contributed by atoms with Crippen LogP contribution in [0.4, 0.5) is 0 Å². The second kappa shape index (κ2) is 9.40. The van der Waals surface area contributed by atoms with Gasteiger partial charge in [-0.1, -0.05) is 58.0 Å². The molecule has 1 aliphatic rings. The summed E-state index contributed by atoms with van der Waals surface area (Å²) in [7, 11) is -3.57. The van der Waals surface area contributed by atoms with Gasteiger partial charge in [0.25, 0.3) is 5.91 Å². The molecule has 0 aromatic heterocycles. The number of sulfonamides is 1. The van der Waals surface area contributed by atoms with E-state index in [0.717, 1.165) is 23.3 Å². The van der Waals surface area contributed by atoms with Crippen LogP contribution >= 0.6 is 0 Å². The highest BCUT2D eigenvalue weighted by atomic mass is 32.2. The van der Waals surface area contributed by atoms with Gasteiger partial charge in [0, 0.05) is 26.2 Å². The number of amides is 1. The monoisotopic (exact) mass is 444 g/mol. The number of para-hydroxylation sites is 1. The molecule has 1 amide bonds. The molecule has 1 saturated heterocycles. The predicted octanol–water partition coefficient (Wildman–Crippen LogP) is 3.46. The first-order valence-electron chi connectivity index (χ1n) is 10.7. The van der Waals surface area contributed by atoms with E-state index in [4.69, 9.17) is 4.74 Å². The fraction of sp³-hybridized carbons (Fsp3) is 0.458. The van der Waals surface area contributed by atoms with Gasteiger partial charge in [-0.15, -0.1) is 0 Å². The first kappa shape index (κ1) is 23.3. The summed E-state index contributed by atoms with van der Waals surface area (Å²) in [5, 5.41) is 0. The van der Waals surface area contributed by atoms with Crippen molar-refractivity contribution in [3.8, 4) is 5.75 Å². The van der Waals surface area contributed by atoms with Crippen molar-refractivity contribution >= 4 is 15.9 Å². The Bertz CT molecular complexity index is 1000. The van der Waals surface area contributed by atoms with Crippen LogP contribution in [0.3, 0.4) is 0 Å². The average Bonchev–Trinajstić information content (AvgIpc) is 2.77. The van der Waals surface area contributed by atoms with E-state index >= 15 is 0 Å². The molecule has 6 nitrogen and oxygen atoms in total. The van der Waals surface area contributed by atoms with Crippen LogP contribution in [-0.2, 0) is 26.7 Å². The highest BCUT2D eigenvalue weighted by Gasteiger charge is 2.30. The molecule has 0 radical (unpaired) electrons. The van der Waals surface area contributed by atoms with Crippen molar-refractivity contribution in [2.24, 2.45) is 0 Å². The first-order valence-corrected chi connectivity index (χ1v) is 12.2. The summed E-state index contributed by atoms with van der Waals surface area (Å²) in [5.41, 5.74) is 2.11. The Hall–Kier alpha value is -2.38. The normalized spacial score (nSPS) is 15.7. The summed E-state index contributed by atoms with van der Waals surface area (Å²) in [5.74, 6) is 0.593. The minimum absolute atomic E-state index is 0.0337. The highest BCUT2D eigenvalue weighted by molar-refractivity contribution is 7.89. The molecule has 3 rings (SSSR count). The summed E-state index contributed by atoms with van der Waals surface area (Å²) in [4.78, 5) is 14.5. The van der Waals surface area contributed by atoms with Crippen LogP contribution in [-0.4, -0.2) is 56.3 Å². The number of aryl methyl sites for hydroxylation is 1. The van der Waals surface area contributed by atoms with Crippen molar-refractivity contribution in [3.63, 3.8) is 0 Å². The Morgan fingerprint density at radius 3 is 2.16 bits per heavy atom. The zero-order valence-electron chi connectivity index (χ0n) is 18.8. The Kier molecular flexibility index (Phi) is 7.06. The van der Waals surface area contributed by atoms with E-state index in [1.54, 1.807) is 17.0 Å². The van der Waals surface area contributed by atoms with Gasteiger partial charge in [-0.2, -0.15) is 4.31 Å². The maximum atomic E-state index is 13.0. The van der Waals surface area contributed by atoms with Crippen molar-refractivity contribution in [2.45, 2.75) is 44.4 Å². The number of carbonyl (C=O) groups excluding carboxylic acids is 1. The van der Waals surface area contributed by atoms with Gasteiger partial charge < -0.3 is 9.64 Å². The molecule has 2 aromatic rings. The van der Waals surface area contributed by atoms with E-state index in [-0.39, 0.29) is 31.0 Å². The van der Waals surface area contributed by atoms with Gasteiger partial charge >= 0.3 is 0 Å². The zero-order chi connectivity index (χ0) is 22.6. The Labute approximate surface area is 185 Å². The third kappa shape index (κ3) is 5.46. The number of nitrogens with zero attached hydrogens (tertiary/aromatic N) is 2. The molecule has 0 saturated carbocycles. The Morgan fingerprint density at radius 2 is 1.58 bits per heavy atom. The van der Waals surface area contributed by atoms with E-state index in [1.165, 1.54) is 4.31 Å². The topological polar surface area (TPSA) is 66.9 Å². The number of ether oxygens (including phenoxy) is 1. The van der Waals surface area contributed by atoms with Crippen molar-refractivity contribution in [1.82, 2.24) is 9.21 Å². The molecular weight excluding hydrogens is 412 g/mol. The summed E-state index contributed by atoms with van der Waals surface area (Å²) in [6.45, 7) is 9.55. The van der Waals surface area contributed by atoms with Crippen LogP contribution in [0.2, 0.25) is 0 Å². The van der Waals surface area contributed by atoms with Crippen molar-refractivity contribution < 1.29 is 17.9 Å². The molecule has 1 aliphatic heterocycles. The zero-order valence-corrected chi connectivity index (χ0v) is 19.6. The van der Waals surface area contributed by atoms with Gasteiger partial charge in [0.05, 0.1) is 4.90 Å². The van der Waals surface area contributed by atoms with Gasteiger partial charge in [-0.3, -0.25) is 4.79 Å². The van der Waals surface area contributed by atoms with E-state index in [2.05, 4.69) is 20.8 Å². The molecule has 0 unspecified atom stereocenters. The molecule has 1 fully saturated rings. The molecular formula is C24H32N2O4S. The number of hydrogen-bond donors (Lipinski definition) is 0. The lowest BCUT2D eigenvalue weighted by Crippen LogP contribution is -2.51. The number of piperazine rings is 1. The molecule has 1 heterocycles. The lowest BCUT2D eigenvalue weighted by molar-refractivity contribution is -0.134. The molecule has 31 heavy (non-hydrogen) atoms. The molecule has 2 aromatic carbocycles. The van der Waals surface area contributed by atoms with E-state index in [1.807, 2.05) is 43.3 Å². The molecule has 7 heteroatoms. The second-order valence-corrected chi connectivity index (χ2v) is 10.7. The van der Waals surface area contributed by atoms with Crippen molar-refractivity contribution in [2.75, 3.05) is 32.8 Å². The van der Waals surface area contributed by atoms with Crippen LogP contribution in [0.25, 0.3) is 0 Å². The number of carbonyl (C=O) groups is 1. The summed E-state index contributed by atoms with van der Waals surface area (Å²) in [6, 6.07) is 14.8. The predicted molar refractivity (Wildman–Crippen MR) is 122 cm³/mol. The number of hydrogen-bond acceptors (Lipinski definition) is 4. The lowest BCUT2D eigenvalue weighted by Gasteiger charge is -2.34. The van der Waals surface area contributed by atoms with Crippen molar-refractivity contribution in [1.29, 1.82) is 0 Å². The lowest BCUT2D eigenvalue weighted by atomic mass is 9.87. The molecule has 0 bridgehead atoms. The van der Waals surface area contributed by atoms with Gasteiger partial charge in [-0.25, -0.2) is 8.42 Å². The van der Waals surface area contributed by atoms with Gasteiger partial charge in [0.15, 0.2) is 6.61 Å². The molecule has 0 N–H and O–H groups in total. The summed E-state index contributed by atoms with van der Waals surface area (Å²) >= 11 is 0. The average molecular weight is 445 g/mol. The number of rotatable bonds is 6. The van der Waals surface area contributed by atoms with Crippen LogP contribution in [0.1, 0.15) is 38.8 Å². The first-order chi connectivity index (χ1) is 14.6. The SMILES string of the molecule is CCc1ccccc1OCC(=O)N1CCN(S(=O)(=O)c2ccc(C(C)(C)C)cc2)CC1. The minimum Gasteiger partial charge on any atom is -0.483 e. The highest BCUT2D eigenvalue weighted by Crippen LogP contribution is 2.25. The summed E-state index contributed by atoms with van der Waals surface area (Å²) in [6.07, 6.45) is 0.831. The maximum absolute atomic E-state index is 13.0. The number of benzene rings is 2. The molecule has 0 spiro atoms. The van der Waals surface area contributed by atoms with Crippen LogP contribution in [0.15, 0.2) is 53.4 Å². The summed E-state index contributed by atoms with van der Waals surface area (Å²) < 4.78 is 33.2. The smallest absolute Gasteiger partial charge is 0.260 e. The van der Waals surface area contributed by atoms with E-state index in [0.29, 0.717) is 18.0 Å². The minimum atomic E-state index is -3.57. The van der Waals surface area contributed by atoms with Gasteiger partial charge in [0.1, 0.15) is 5.75 Å². The maximum Gasteiger partial charge on any atom is 0.260 e. The van der Waals surface area contributed by atoms with Gasteiger partial charge in [-0.05, 0) is 41.2 Å². The molecule has 0 atom stereocenters. The molecule has 0 aliphatic carbocycles. The van der Waals surface area contributed by atoms with Gasteiger partial charge in [0.2, 0.25) is 10.0 Å². The fourth-order valence-corrected chi connectivity index (χ4v) is 5.04. The Morgan fingerprint density at radius 1 is 0.968 bits per heavy atom. The third-order valence-corrected chi connectivity index (χ3v) is 7.57. The standard InChI is InChI=1S/C24H32N2O4S/c1-5-19-8-6-7-9-22(19)30-18-23(27)25-14-16-26(17-15-25)31(28,29)21-12-10-20(11-13-21)24(2,3)4/h6-13H,5,14-18H2,1-4H3. The van der Waals surface area contributed by atoms with E-state index in [9.17, 15) is 13.2 Å². The van der Waals surface area contributed by atoms with Crippen molar-refractivity contribution in [3.05, 3.63) is 59.7 Å². The molecule has 168 valence electrons.